The average molecular weight is 611 g/mol. The van der Waals surface area contributed by atoms with Crippen molar-refractivity contribution in [2.75, 3.05) is 0 Å². The third kappa shape index (κ3) is 5.65. The van der Waals surface area contributed by atoms with Gasteiger partial charge in [-0.1, -0.05) is 112 Å². The summed E-state index contributed by atoms with van der Waals surface area (Å²) in [5.74, 6) is 0. The average Bonchev–Trinajstić information content (AvgIpc) is 3.15. The van der Waals surface area contributed by atoms with Crippen LogP contribution in [-0.2, 0) is 11.8 Å². The number of aromatic nitrogens is 1. The Morgan fingerprint density at radius 1 is 0.532 bits per heavy atom. The van der Waals surface area contributed by atoms with Crippen LogP contribution in [0.2, 0.25) is 0 Å². The van der Waals surface area contributed by atoms with Crippen LogP contribution in [0, 0.1) is 0 Å². The van der Waals surface area contributed by atoms with Gasteiger partial charge >= 0.3 is 0 Å². The van der Waals surface area contributed by atoms with Crippen molar-refractivity contribution in [2.24, 2.45) is 0 Å². The molecule has 0 atom stereocenters. The molecule has 1 heteroatoms. The van der Waals surface area contributed by atoms with E-state index in [2.05, 4.69) is 172 Å². The van der Waals surface area contributed by atoms with E-state index in [1.165, 1.54) is 85.4 Å². The molecule has 47 heavy (non-hydrogen) atoms. The predicted molar refractivity (Wildman–Crippen MR) is 200 cm³/mol. The van der Waals surface area contributed by atoms with Crippen molar-refractivity contribution in [3.05, 3.63) is 157 Å². The highest BCUT2D eigenvalue weighted by molar-refractivity contribution is 5.84. The molecule has 0 aliphatic carbocycles. The molecule has 1 aromatic heterocycles. The molecule has 0 fully saturated rings. The fourth-order valence-corrected chi connectivity index (χ4v) is 7.60. The summed E-state index contributed by atoms with van der Waals surface area (Å²) < 4.78 is 2.31. The largest absolute Gasteiger partial charge is 0.218 e. The number of nitrogens with zero attached hydrogens (tertiary/aromatic N) is 1. The number of allylic oxidation sites excluding steroid dienone is 1. The number of hydrogen-bond donors (Lipinski definition) is 0. The van der Waals surface area contributed by atoms with Crippen molar-refractivity contribution in [2.45, 2.75) is 58.3 Å². The molecule has 0 saturated carbocycles. The Balaban J connectivity index is 1.34. The van der Waals surface area contributed by atoms with Gasteiger partial charge in [0.1, 0.15) is 0 Å². The van der Waals surface area contributed by atoms with Crippen LogP contribution < -0.4 is 4.57 Å². The second kappa shape index (κ2) is 13.0. The smallest absolute Gasteiger partial charge is 0.164 e. The van der Waals surface area contributed by atoms with E-state index in [1.807, 2.05) is 0 Å². The number of pyridine rings is 1. The van der Waals surface area contributed by atoms with Crippen LogP contribution in [0.4, 0.5) is 0 Å². The Morgan fingerprint density at radius 3 is 1.81 bits per heavy atom. The molecule has 1 aliphatic heterocycles. The van der Waals surface area contributed by atoms with Gasteiger partial charge in [-0.3, -0.25) is 0 Å². The maximum Gasteiger partial charge on any atom is 0.218 e. The van der Waals surface area contributed by atoms with E-state index in [0.29, 0.717) is 0 Å². The Hall–Kier alpha value is -5.01. The zero-order valence-corrected chi connectivity index (χ0v) is 28.0. The Bertz CT molecular complexity index is 2060. The van der Waals surface area contributed by atoms with Gasteiger partial charge in [-0.15, -0.1) is 0 Å². The van der Waals surface area contributed by atoms with Crippen LogP contribution in [0.3, 0.4) is 0 Å². The summed E-state index contributed by atoms with van der Waals surface area (Å²) in [6.45, 7) is 11.5. The lowest BCUT2D eigenvalue weighted by molar-refractivity contribution is -0.577. The van der Waals surface area contributed by atoms with Crippen LogP contribution in [0.5, 0.6) is 0 Å². The normalized spacial score (nSPS) is 13.2. The summed E-state index contributed by atoms with van der Waals surface area (Å²) in [6, 6.07) is 49.6. The highest BCUT2D eigenvalue weighted by Gasteiger charge is 2.45. The van der Waals surface area contributed by atoms with Gasteiger partial charge in [0, 0.05) is 12.1 Å². The minimum Gasteiger partial charge on any atom is -0.164 e. The molecule has 2 heterocycles. The molecule has 6 aromatic rings. The monoisotopic (exact) mass is 610 g/mol. The summed E-state index contributed by atoms with van der Waals surface area (Å²) >= 11 is 0. The maximum absolute atomic E-state index is 4.61. The second-order valence-corrected chi connectivity index (χ2v) is 13.0. The lowest BCUT2D eigenvalue weighted by atomic mass is 9.68. The standard InChI is InChI=1S/C46H44N/c1-5-8-16-34-17-14-20-36(27-34)41-29-40(35-18-10-9-11-19-35)30-42(31-41)38-22-15-21-37(28-38)39-24-25-44-43(32-39)45-23-12-13-26-47(45)33(4)46(44,6-2)7-3/h9-15,17-32H,4-8,16H2,1-3H3/q+1. The molecule has 0 radical (unpaired) electrons. The van der Waals surface area contributed by atoms with Crippen LogP contribution in [-0.4, -0.2) is 0 Å². The molecule has 0 saturated heterocycles. The van der Waals surface area contributed by atoms with Crippen LogP contribution >= 0.6 is 0 Å². The van der Waals surface area contributed by atoms with Gasteiger partial charge in [-0.25, -0.2) is 0 Å². The Labute approximate surface area is 280 Å². The summed E-state index contributed by atoms with van der Waals surface area (Å²) in [4.78, 5) is 0. The molecule has 5 aromatic carbocycles. The summed E-state index contributed by atoms with van der Waals surface area (Å²) in [5.41, 5.74) is 16.3. The number of hydrogen-bond acceptors (Lipinski definition) is 0. The number of aryl methyl sites for hydroxylation is 1. The van der Waals surface area contributed by atoms with E-state index in [9.17, 15) is 0 Å². The van der Waals surface area contributed by atoms with Gasteiger partial charge in [-0.2, -0.15) is 4.57 Å². The number of fused-ring (bicyclic) bond motifs is 3. The minimum atomic E-state index is -0.0726. The zero-order chi connectivity index (χ0) is 32.4. The first kappa shape index (κ1) is 30.6. The molecule has 0 amide bonds. The molecule has 0 bridgehead atoms. The molecular formula is C46H44N+. The quantitative estimate of drug-likeness (QED) is 0.143. The highest BCUT2D eigenvalue weighted by atomic mass is 15.0. The van der Waals surface area contributed by atoms with Crippen LogP contribution in [0.1, 0.15) is 57.6 Å². The number of rotatable bonds is 9. The van der Waals surface area contributed by atoms with Gasteiger partial charge in [0.2, 0.25) is 5.69 Å². The lowest BCUT2D eigenvalue weighted by Crippen LogP contribution is -2.48. The fraction of sp³-hybridized carbons (Fsp3) is 0.196. The van der Waals surface area contributed by atoms with E-state index in [0.717, 1.165) is 19.3 Å². The fourth-order valence-electron chi connectivity index (χ4n) is 7.60. The molecule has 0 unspecified atom stereocenters. The van der Waals surface area contributed by atoms with Crippen LogP contribution in [0.25, 0.3) is 61.5 Å². The topological polar surface area (TPSA) is 3.88 Å². The summed E-state index contributed by atoms with van der Waals surface area (Å²) in [5, 5.41) is 0. The van der Waals surface area contributed by atoms with Crippen molar-refractivity contribution >= 4 is 5.70 Å². The third-order valence-corrected chi connectivity index (χ3v) is 10.4. The summed E-state index contributed by atoms with van der Waals surface area (Å²) in [7, 11) is 0. The predicted octanol–water partition coefficient (Wildman–Crippen LogP) is 12.2. The molecule has 0 N–H and O–H groups in total. The minimum absolute atomic E-state index is 0.0726. The molecule has 1 nitrogen and oxygen atoms in total. The van der Waals surface area contributed by atoms with Crippen molar-refractivity contribution in [3.8, 4) is 55.8 Å². The van der Waals surface area contributed by atoms with Crippen molar-refractivity contribution in [1.82, 2.24) is 0 Å². The van der Waals surface area contributed by atoms with Gasteiger partial charge in [0.15, 0.2) is 11.9 Å². The van der Waals surface area contributed by atoms with E-state index in [4.69, 9.17) is 0 Å². The van der Waals surface area contributed by atoms with E-state index < -0.39 is 0 Å². The third-order valence-electron chi connectivity index (χ3n) is 10.4. The van der Waals surface area contributed by atoms with Crippen molar-refractivity contribution in [3.63, 3.8) is 0 Å². The first-order valence-electron chi connectivity index (χ1n) is 17.3. The van der Waals surface area contributed by atoms with E-state index in [-0.39, 0.29) is 5.41 Å². The number of benzene rings is 5. The molecule has 232 valence electrons. The molecule has 0 spiro atoms. The highest BCUT2D eigenvalue weighted by Crippen LogP contribution is 2.47. The summed E-state index contributed by atoms with van der Waals surface area (Å²) in [6.07, 6.45) is 7.75. The zero-order valence-electron chi connectivity index (χ0n) is 28.0. The molecule has 1 aliphatic rings. The lowest BCUT2D eigenvalue weighted by Gasteiger charge is -2.35. The van der Waals surface area contributed by atoms with Gasteiger partial charge in [0.25, 0.3) is 0 Å². The first-order valence-corrected chi connectivity index (χ1v) is 17.3. The Kier molecular flexibility index (Phi) is 8.48. The SMILES string of the molecule is C=C1[n+]2ccccc2-c2cc(-c3cccc(-c4cc(-c5ccccc5)cc(-c5cccc(CCCC)c5)c4)c3)ccc2C1(CC)CC. The molecular weight excluding hydrogens is 567 g/mol. The second-order valence-electron chi connectivity index (χ2n) is 13.0. The van der Waals surface area contributed by atoms with Crippen molar-refractivity contribution < 1.29 is 4.57 Å². The van der Waals surface area contributed by atoms with Crippen molar-refractivity contribution in [1.29, 1.82) is 0 Å². The van der Waals surface area contributed by atoms with E-state index in [1.54, 1.807) is 0 Å². The first-order chi connectivity index (χ1) is 23.0. The van der Waals surface area contributed by atoms with Gasteiger partial charge in [-0.05, 0) is 124 Å². The Morgan fingerprint density at radius 2 is 1.11 bits per heavy atom. The van der Waals surface area contributed by atoms with Gasteiger partial charge < -0.3 is 0 Å². The van der Waals surface area contributed by atoms with Gasteiger partial charge in [0.05, 0.1) is 11.0 Å². The maximum atomic E-state index is 4.61. The molecule has 7 rings (SSSR count). The van der Waals surface area contributed by atoms with Crippen LogP contribution in [0.15, 0.2) is 146 Å². The van der Waals surface area contributed by atoms with E-state index >= 15 is 0 Å². The number of unbranched alkanes of at least 4 members (excludes halogenated alkanes) is 1.